The lowest BCUT2D eigenvalue weighted by atomic mass is 9.53. The lowest BCUT2D eigenvalue weighted by Crippen LogP contribution is -2.57. The summed E-state index contributed by atoms with van der Waals surface area (Å²) in [6, 6.07) is 6.23. The highest BCUT2D eigenvalue weighted by molar-refractivity contribution is 5.93. The SMILES string of the molecule is CC(C)c1ccc2c(c1)[C@H](O)C[C@@]1(O)C3=C(CC[C@]21C)C(=O)OC3. The van der Waals surface area contributed by atoms with Gasteiger partial charge in [-0.15, -0.1) is 0 Å². The van der Waals surface area contributed by atoms with Crippen molar-refractivity contribution in [3.63, 3.8) is 0 Å². The molecule has 3 aliphatic rings. The maximum absolute atomic E-state index is 11.9. The zero-order chi connectivity index (χ0) is 17.3. The summed E-state index contributed by atoms with van der Waals surface area (Å²) in [5.74, 6) is 0.0774. The molecule has 0 fully saturated rings. The molecule has 128 valence electrons. The molecule has 3 atom stereocenters. The Morgan fingerprint density at radius 2 is 2.08 bits per heavy atom. The molecule has 0 aromatic heterocycles. The van der Waals surface area contributed by atoms with Crippen LogP contribution in [0, 0.1) is 0 Å². The van der Waals surface area contributed by atoms with Crippen LogP contribution in [-0.4, -0.2) is 28.4 Å². The topological polar surface area (TPSA) is 66.8 Å². The third kappa shape index (κ3) is 1.84. The van der Waals surface area contributed by atoms with Gasteiger partial charge in [-0.3, -0.25) is 0 Å². The molecule has 0 radical (unpaired) electrons. The van der Waals surface area contributed by atoms with E-state index in [9.17, 15) is 15.0 Å². The average molecular weight is 328 g/mol. The summed E-state index contributed by atoms with van der Waals surface area (Å²) in [5.41, 5.74) is 2.67. The molecule has 24 heavy (non-hydrogen) atoms. The molecule has 2 N–H and O–H groups in total. The number of cyclic esters (lactones) is 1. The molecule has 4 heteroatoms. The van der Waals surface area contributed by atoms with E-state index in [4.69, 9.17) is 4.74 Å². The number of hydrogen-bond donors (Lipinski definition) is 2. The van der Waals surface area contributed by atoms with Crippen LogP contribution in [0.5, 0.6) is 0 Å². The zero-order valence-corrected chi connectivity index (χ0v) is 14.4. The highest BCUT2D eigenvalue weighted by Crippen LogP contribution is 2.58. The van der Waals surface area contributed by atoms with Gasteiger partial charge in [-0.2, -0.15) is 0 Å². The standard InChI is InChI=1S/C20H24O4/c1-11(2)12-4-5-15-14(8-12)17(21)9-20(23)16-10-24-18(22)13(16)6-7-19(15,20)3/h4-5,8,11,17,21,23H,6-7,9-10H2,1-3H3/t17-,19-,20-/m1/s1. The molecule has 0 amide bonds. The van der Waals surface area contributed by atoms with Crippen LogP contribution in [0.2, 0.25) is 0 Å². The first-order valence-electron chi connectivity index (χ1n) is 8.72. The van der Waals surface area contributed by atoms with E-state index in [1.54, 1.807) is 0 Å². The van der Waals surface area contributed by atoms with Crippen LogP contribution < -0.4 is 0 Å². The second kappa shape index (κ2) is 4.93. The van der Waals surface area contributed by atoms with Crippen molar-refractivity contribution in [1.29, 1.82) is 0 Å². The van der Waals surface area contributed by atoms with Gasteiger partial charge in [-0.1, -0.05) is 39.0 Å². The summed E-state index contributed by atoms with van der Waals surface area (Å²) < 4.78 is 5.18. The van der Waals surface area contributed by atoms with E-state index in [1.165, 1.54) is 5.56 Å². The number of benzene rings is 1. The minimum absolute atomic E-state index is 0.145. The number of hydrogen-bond acceptors (Lipinski definition) is 4. The Balaban J connectivity index is 1.90. The predicted octanol–water partition coefficient (Wildman–Crippen LogP) is 2.88. The molecule has 4 rings (SSSR count). The fourth-order valence-corrected chi connectivity index (χ4v) is 4.79. The number of aliphatic hydroxyl groups is 2. The minimum atomic E-state index is -1.22. The summed E-state index contributed by atoms with van der Waals surface area (Å²) in [5, 5.41) is 22.3. The van der Waals surface area contributed by atoms with Crippen LogP contribution in [0.25, 0.3) is 0 Å². The number of aliphatic hydroxyl groups excluding tert-OH is 1. The number of rotatable bonds is 1. The summed E-state index contributed by atoms with van der Waals surface area (Å²) in [4.78, 5) is 11.9. The molecule has 0 bridgehead atoms. The van der Waals surface area contributed by atoms with Gasteiger partial charge in [0.1, 0.15) is 12.2 Å². The van der Waals surface area contributed by atoms with Crippen LogP contribution in [0.3, 0.4) is 0 Å². The Morgan fingerprint density at radius 3 is 2.79 bits per heavy atom. The fourth-order valence-electron chi connectivity index (χ4n) is 4.79. The first kappa shape index (κ1) is 15.9. The van der Waals surface area contributed by atoms with E-state index in [2.05, 4.69) is 39.0 Å². The van der Waals surface area contributed by atoms with Crippen molar-refractivity contribution in [2.45, 2.75) is 63.1 Å². The summed E-state index contributed by atoms with van der Waals surface area (Å²) in [7, 11) is 0. The van der Waals surface area contributed by atoms with Gasteiger partial charge in [-0.05, 0) is 35.4 Å². The zero-order valence-electron chi connectivity index (χ0n) is 14.4. The molecule has 1 aliphatic heterocycles. The molecule has 0 unspecified atom stereocenters. The van der Waals surface area contributed by atoms with Gasteiger partial charge in [0.05, 0.1) is 6.10 Å². The third-order valence-corrected chi connectivity index (χ3v) is 6.43. The highest BCUT2D eigenvalue weighted by atomic mass is 16.5. The molecule has 1 aromatic carbocycles. The number of esters is 1. The van der Waals surface area contributed by atoms with Crippen molar-refractivity contribution in [3.8, 4) is 0 Å². The predicted molar refractivity (Wildman–Crippen MR) is 89.6 cm³/mol. The monoisotopic (exact) mass is 328 g/mol. The molecule has 2 aliphatic carbocycles. The number of ether oxygens (including phenoxy) is 1. The normalized spacial score (nSPS) is 34.8. The lowest BCUT2D eigenvalue weighted by Gasteiger charge is -2.53. The first-order chi connectivity index (χ1) is 11.3. The molecule has 4 nitrogen and oxygen atoms in total. The van der Waals surface area contributed by atoms with Gasteiger partial charge in [0, 0.05) is 23.0 Å². The van der Waals surface area contributed by atoms with E-state index in [-0.39, 0.29) is 19.0 Å². The molecular weight excluding hydrogens is 304 g/mol. The van der Waals surface area contributed by atoms with Crippen molar-refractivity contribution in [3.05, 3.63) is 46.0 Å². The maximum Gasteiger partial charge on any atom is 0.334 e. The van der Waals surface area contributed by atoms with Gasteiger partial charge < -0.3 is 14.9 Å². The molecule has 0 spiro atoms. The van der Waals surface area contributed by atoms with Gasteiger partial charge >= 0.3 is 5.97 Å². The molecular formula is C20H24O4. The van der Waals surface area contributed by atoms with Gasteiger partial charge in [-0.25, -0.2) is 4.79 Å². The van der Waals surface area contributed by atoms with Crippen molar-refractivity contribution >= 4 is 5.97 Å². The molecule has 1 aromatic rings. The smallest absolute Gasteiger partial charge is 0.334 e. The van der Waals surface area contributed by atoms with Crippen LogP contribution in [-0.2, 0) is 14.9 Å². The highest BCUT2D eigenvalue weighted by Gasteiger charge is 2.59. The van der Waals surface area contributed by atoms with E-state index in [0.717, 1.165) is 11.1 Å². The van der Waals surface area contributed by atoms with E-state index < -0.39 is 17.1 Å². The van der Waals surface area contributed by atoms with E-state index in [1.807, 2.05) is 0 Å². The van der Waals surface area contributed by atoms with Crippen molar-refractivity contribution in [2.24, 2.45) is 0 Å². The van der Waals surface area contributed by atoms with Gasteiger partial charge in [0.15, 0.2) is 0 Å². The van der Waals surface area contributed by atoms with Crippen LogP contribution in [0.1, 0.15) is 68.7 Å². The maximum atomic E-state index is 11.9. The number of fused-ring (bicyclic) bond motifs is 4. The van der Waals surface area contributed by atoms with E-state index in [0.29, 0.717) is 29.9 Å². The van der Waals surface area contributed by atoms with Crippen molar-refractivity contribution < 1.29 is 19.7 Å². The quantitative estimate of drug-likeness (QED) is 0.778. The van der Waals surface area contributed by atoms with Gasteiger partial charge in [0.2, 0.25) is 0 Å². The van der Waals surface area contributed by atoms with Crippen LogP contribution >= 0.6 is 0 Å². The summed E-state index contributed by atoms with van der Waals surface area (Å²) >= 11 is 0. The molecule has 1 heterocycles. The second-order valence-corrected chi connectivity index (χ2v) is 7.95. The van der Waals surface area contributed by atoms with Crippen molar-refractivity contribution in [2.75, 3.05) is 6.61 Å². The Kier molecular flexibility index (Phi) is 3.26. The van der Waals surface area contributed by atoms with E-state index >= 15 is 0 Å². The number of carbonyl (C=O) groups excluding carboxylic acids is 1. The van der Waals surface area contributed by atoms with Crippen LogP contribution in [0.15, 0.2) is 29.3 Å². The largest absolute Gasteiger partial charge is 0.458 e. The van der Waals surface area contributed by atoms with Crippen LogP contribution in [0.4, 0.5) is 0 Å². The second-order valence-electron chi connectivity index (χ2n) is 7.95. The molecule has 0 saturated carbocycles. The Labute approximate surface area is 142 Å². The lowest BCUT2D eigenvalue weighted by molar-refractivity contribution is -0.136. The minimum Gasteiger partial charge on any atom is -0.458 e. The summed E-state index contributed by atoms with van der Waals surface area (Å²) in [6.07, 6.45) is 0.777. The third-order valence-electron chi connectivity index (χ3n) is 6.43. The molecule has 0 saturated heterocycles. The Morgan fingerprint density at radius 1 is 1.33 bits per heavy atom. The van der Waals surface area contributed by atoms with Gasteiger partial charge in [0.25, 0.3) is 0 Å². The fraction of sp³-hybridized carbons (Fsp3) is 0.550. The average Bonchev–Trinajstić information content (AvgIpc) is 2.92. The number of carbonyl (C=O) groups is 1. The Bertz CT molecular complexity index is 763. The first-order valence-corrected chi connectivity index (χ1v) is 8.72. The Hall–Kier alpha value is -1.65. The van der Waals surface area contributed by atoms with Crippen molar-refractivity contribution in [1.82, 2.24) is 0 Å². The summed E-state index contributed by atoms with van der Waals surface area (Å²) in [6.45, 7) is 6.47.